The molecule has 0 amide bonds. The predicted molar refractivity (Wildman–Crippen MR) is 52.2 cm³/mol. The highest BCUT2D eigenvalue weighted by Gasteiger charge is 2.08. The zero-order valence-corrected chi connectivity index (χ0v) is 7.18. The molecule has 0 aliphatic carbocycles. The van der Waals surface area contributed by atoms with Gasteiger partial charge in [0.15, 0.2) is 0 Å². The smallest absolute Gasteiger partial charge is 0.491 e. The van der Waals surface area contributed by atoms with Gasteiger partial charge in [0, 0.05) is 5.56 Å². The number of benzene rings is 1. The van der Waals surface area contributed by atoms with E-state index in [0.717, 1.165) is 5.56 Å². The Morgan fingerprint density at radius 2 is 2.08 bits per heavy atom. The van der Waals surface area contributed by atoms with Crippen LogP contribution in [0, 0.1) is 0 Å². The van der Waals surface area contributed by atoms with Gasteiger partial charge < -0.3 is 14.8 Å². The lowest BCUT2D eigenvalue weighted by Crippen LogP contribution is -2.22. The highest BCUT2D eigenvalue weighted by Crippen LogP contribution is 2.18. The van der Waals surface area contributed by atoms with E-state index in [0.29, 0.717) is 5.75 Å². The van der Waals surface area contributed by atoms with E-state index in [4.69, 9.17) is 14.8 Å². The summed E-state index contributed by atoms with van der Waals surface area (Å²) in [7, 11) is -1.45. The minimum Gasteiger partial charge on any atom is -0.495 e. The fraction of sp³-hybridized carbons (Fsp3) is 0.111. The molecule has 0 bridgehead atoms. The van der Waals surface area contributed by atoms with E-state index in [1.807, 2.05) is 18.2 Å². The van der Waals surface area contributed by atoms with E-state index in [9.17, 15) is 0 Å². The van der Waals surface area contributed by atoms with Crippen LogP contribution >= 0.6 is 0 Å². The van der Waals surface area contributed by atoms with E-state index >= 15 is 0 Å². The van der Waals surface area contributed by atoms with Gasteiger partial charge in [0.1, 0.15) is 12.3 Å². The van der Waals surface area contributed by atoms with Crippen molar-refractivity contribution in [2.45, 2.75) is 0 Å². The summed E-state index contributed by atoms with van der Waals surface area (Å²) in [6.07, 6.45) is 1.65. The quantitative estimate of drug-likeness (QED) is 0.667. The highest BCUT2D eigenvalue weighted by molar-refractivity contribution is 6.40. The van der Waals surface area contributed by atoms with Gasteiger partial charge in [0.2, 0.25) is 0 Å². The first-order chi connectivity index (χ1) is 6.24. The largest absolute Gasteiger partial charge is 0.495 e. The maximum absolute atomic E-state index is 8.58. The van der Waals surface area contributed by atoms with Crippen LogP contribution in [0.15, 0.2) is 30.8 Å². The third-order valence-electron chi connectivity index (χ3n) is 1.53. The van der Waals surface area contributed by atoms with Crippen molar-refractivity contribution in [3.63, 3.8) is 0 Å². The highest BCUT2D eigenvalue weighted by atomic mass is 16.5. The Morgan fingerprint density at radius 1 is 1.38 bits per heavy atom. The summed E-state index contributed by atoms with van der Waals surface area (Å²) < 4.78 is 5.12. The Morgan fingerprint density at radius 3 is 2.69 bits per heavy atom. The Kier molecular flexibility index (Phi) is 3.55. The standard InChI is InChI=1S/C9H11BO3/c1-2-8-5-3-4-6-9(8)13-7-10(11)12/h2-6,11-12H,1,7H2. The van der Waals surface area contributed by atoms with Gasteiger partial charge in [-0.3, -0.25) is 0 Å². The molecule has 0 aliphatic heterocycles. The van der Waals surface area contributed by atoms with Crippen LogP contribution in [0.3, 0.4) is 0 Å². The Labute approximate surface area is 77.4 Å². The topological polar surface area (TPSA) is 49.7 Å². The van der Waals surface area contributed by atoms with Crippen molar-refractivity contribution >= 4 is 13.2 Å². The van der Waals surface area contributed by atoms with Crippen molar-refractivity contribution in [1.29, 1.82) is 0 Å². The molecule has 2 N–H and O–H groups in total. The van der Waals surface area contributed by atoms with Crippen LogP contribution in [-0.4, -0.2) is 23.7 Å². The second kappa shape index (κ2) is 4.69. The Hall–Kier alpha value is -1.26. The molecule has 1 aromatic carbocycles. The van der Waals surface area contributed by atoms with E-state index in [2.05, 4.69) is 6.58 Å². The van der Waals surface area contributed by atoms with Crippen molar-refractivity contribution in [3.8, 4) is 5.75 Å². The summed E-state index contributed by atoms with van der Waals surface area (Å²) in [5, 5.41) is 17.2. The molecule has 0 heterocycles. The Balaban J connectivity index is 2.69. The summed E-state index contributed by atoms with van der Waals surface area (Å²) in [6.45, 7) is 3.48. The summed E-state index contributed by atoms with van der Waals surface area (Å²) in [5.74, 6) is 0.602. The fourth-order valence-corrected chi connectivity index (χ4v) is 0.945. The lowest BCUT2D eigenvalue weighted by atomic mass is 9.95. The SMILES string of the molecule is C=Cc1ccccc1OCB(O)O. The minimum atomic E-state index is -1.45. The molecule has 1 aromatic rings. The average molecular weight is 178 g/mol. The van der Waals surface area contributed by atoms with E-state index < -0.39 is 7.12 Å². The second-order valence-corrected chi connectivity index (χ2v) is 2.53. The molecule has 0 aromatic heterocycles. The number of hydrogen-bond acceptors (Lipinski definition) is 3. The molecule has 0 unspecified atom stereocenters. The first-order valence-electron chi connectivity index (χ1n) is 3.94. The average Bonchev–Trinajstić information content (AvgIpc) is 2.15. The monoisotopic (exact) mass is 178 g/mol. The fourth-order valence-electron chi connectivity index (χ4n) is 0.945. The number of ether oxygens (including phenoxy) is 1. The third kappa shape index (κ3) is 2.93. The van der Waals surface area contributed by atoms with Crippen molar-refractivity contribution in [2.75, 3.05) is 6.51 Å². The van der Waals surface area contributed by atoms with Gasteiger partial charge in [-0.25, -0.2) is 0 Å². The molecular formula is C9H11BO3. The summed E-state index contributed by atoms with van der Waals surface area (Å²) in [4.78, 5) is 0. The van der Waals surface area contributed by atoms with Gasteiger partial charge in [-0.2, -0.15) is 0 Å². The summed E-state index contributed by atoms with van der Waals surface area (Å²) in [6, 6.07) is 7.26. The lowest BCUT2D eigenvalue weighted by Gasteiger charge is -2.07. The molecule has 0 radical (unpaired) electrons. The zero-order valence-electron chi connectivity index (χ0n) is 7.18. The molecule has 4 heteroatoms. The second-order valence-electron chi connectivity index (χ2n) is 2.53. The minimum absolute atomic E-state index is 0.134. The zero-order chi connectivity index (χ0) is 9.68. The molecule has 0 saturated carbocycles. The maximum atomic E-state index is 8.58. The number of para-hydroxylation sites is 1. The third-order valence-corrected chi connectivity index (χ3v) is 1.53. The molecule has 0 spiro atoms. The molecule has 3 nitrogen and oxygen atoms in total. The van der Waals surface area contributed by atoms with Crippen LogP contribution in [0.25, 0.3) is 6.08 Å². The summed E-state index contributed by atoms with van der Waals surface area (Å²) >= 11 is 0. The van der Waals surface area contributed by atoms with Gasteiger partial charge in [-0.15, -0.1) is 0 Å². The predicted octanol–water partition coefficient (Wildman–Crippen LogP) is 0.720. The molecular weight excluding hydrogens is 167 g/mol. The van der Waals surface area contributed by atoms with E-state index in [1.165, 1.54) is 0 Å². The van der Waals surface area contributed by atoms with E-state index in [1.54, 1.807) is 12.1 Å². The van der Waals surface area contributed by atoms with Crippen LogP contribution in [0.5, 0.6) is 5.75 Å². The molecule has 0 fully saturated rings. The Bertz CT molecular complexity index is 286. The van der Waals surface area contributed by atoms with Crippen molar-refractivity contribution in [1.82, 2.24) is 0 Å². The van der Waals surface area contributed by atoms with Gasteiger partial charge in [-0.05, 0) is 6.07 Å². The van der Waals surface area contributed by atoms with Crippen LogP contribution in [0.1, 0.15) is 5.56 Å². The van der Waals surface area contributed by atoms with Gasteiger partial charge in [0.05, 0.1) is 0 Å². The van der Waals surface area contributed by atoms with Gasteiger partial charge in [0.25, 0.3) is 0 Å². The van der Waals surface area contributed by atoms with Crippen molar-refractivity contribution in [3.05, 3.63) is 36.4 Å². The molecule has 0 aliphatic rings. The van der Waals surface area contributed by atoms with Crippen molar-refractivity contribution < 1.29 is 14.8 Å². The van der Waals surface area contributed by atoms with Crippen LogP contribution < -0.4 is 4.74 Å². The molecule has 0 atom stereocenters. The molecule has 13 heavy (non-hydrogen) atoms. The number of hydrogen-bond donors (Lipinski definition) is 2. The first kappa shape index (κ1) is 9.83. The van der Waals surface area contributed by atoms with Crippen LogP contribution in [-0.2, 0) is 0 Å². The van der Waals surface area contributed by atoms with Crippen LogP contribution in [0.4, 0.5) is 0 Å². The van der Waals surface area contributed by atoms with E-state index in [-0.39, 0.29) is 6.51 Å². The number of rotatable bonds is 4. The normalized spacial score (nSPS) is 9.38. The maximum Gasteiger partial charge on any atom is 0.491 e. The molecule has 1 rings (SSSR count). The lowest BCUT2D eigenvalue weighted by molar-refractivity contribution is 0.306. The molecule has 0 saturated heterocycles. The molecule has 68 valence electrons. The van der Waals surface area contributed by atoms with Gasteiger partial charge >= 0.3 is 7.12 Å². The summed E-state index contributed by atoms with van der Waals surface area (Å²) in [5.41, 5.74) is 0.836. The first-order valence-corrected chi connectivity index (χ1v) is 3.94. The van der Waals surface area contributed by atoms with Crippen molar-refractivity contribution in [2.24, 2.45) is 0 Å². The van der Waals surface area contributed by atoms with Gasteiger partial charge in [-0.1, -0.05) is 30.9 Å². The van der Waals surface area contributed by atoms with Crippen LogP contribution in [0.2, 0.25) is 0 Å².